The van der Waals surface area contributed by atoms with Crippen LogP contribution in [0.25, 0.3) is 0 Å². The highest BCUT2D eigenvalue weighted by Gasteiger charge is 2.59. The van der Waals surface area contributed by atoms with E-state index >= 15 is 0 Å². The van der Waals surface area contributed by atoms with Gasteiger partial charge in [-0.2, -0.15) is 0 Å². The molecule has 5 aliphatic rings. The molecule has 0 spiro atoms. The molecule has 4 aliphatic carbocycles. The van der Waals surface area contributed by atoms with E-state index in [0.717, 1.165) is 72.0 Å². The van der Waals surface area contributed by atoms with Crippen molar-refractivity contribution in [1.29, 1.82) is 0 Å². The Morgan fingerprint density at radius 3 is 2.05 bits per heavy atom. The van der Waals surface area contributed by atoms with Crippen LogP contribution in [0, 0.1) is 52.3 Å². The summed E-state index contributed by atoms with van der Waals surface area (Å²) in [5.74, 6) is 3.12. The average molecular weight is 1030 g/mol. The normalized spacial score (nSPS) is 28.0. The van der Waals surface area contributed by atoms with Crippen LogP contribution in [0.2, 0.25) is 0 Å². The van der Waals surface area contributed by atoms with Gasteiger partial charge in [-0.1, -0.05) is 120 Å². The van der Waals surface area contributed by atoms with Gasteiger partial charge in [-0.3, -0.25) is 14.4 Å². The first-order valence-electron chi connectivity index (χ1n) is 28.4. The van der Waals surface area contributed by atoms with Gasteiger partial charge >= 0.3 is 18.0 Å². The number of methoxy groups -OCH3 is 2. The van der Waals surface area contributed by atoms with Crippen LogP contribution in [0.1, 0.15) is 154 Å². The number of unbranched alkanes of at least 4 members (excludes halogenated alkanes) is 1. The van der Waals surface area contributed by atoms with Gasteiger partial charge in [0.25, 0.3) is 0 Å². The van der Waals surface area contributed by atoms with Gasteiger partial charge in [-0.05, 0) is 145 Å². The zero-order valence-electron chi connectivity index (χ0n) is 45.9. The van der Waals surface area contributed by atoms with Gasteiger partial charge in [0.2, 0.25) is 5.91 Å². The van der Waals surface area contributed by atoms with Gasteiger partial charge in [0.15, 0.2) is 0 Å². The number of nitrogens with one attached hydrogen (secondary N) is 1. The molecule has 3 aromatic rings. The number of ether oxygens (including phenoxy) is 4. The number of benzene rings is 3. The Hall–Kier alpha value is -5.36. The molecular weight excluding hydrogens is 945 g/mol. The van der Waals surface area contributed by atoms with Gasteiger partial charge in [-0.25, -0.2) is 4.79 Å². The monoisotopic (exact) mass is 1030 g/mol. The van der Waals surface area contributed by atoms with Gasteiger partial charge in [-0.15, -0.1) is 0 Å². The van der Waals surface area contributed by atoms with Crippen molar-refractivity contribution in [1.82, 2.24) is 10.2 Å². The third-order valence-corrected chi connectivity index (χ3v) is 19.3. The molecule has 0 radical (unpaired) electrons. The van der Waals surface area contributed by atoms with Crippen LogP contribution in [0.3, 0.4) is 0 Å². The number of carbonyl (C=O) groups excluding carboxylic acids is 3. The second-order valence-electron chi connectivity index (χ2n) is 23.9. The number of esters is 1. The van der Waals surface area contributed by atoms with Gasteiger partial charge in [0.1, 0.15) is 23.7 Å². The van der Waals surface area contributed by atoms with Crippen LogP contribution < -0.4 is 14.8 Å². The van der Waals surface area contributed by atoms with Crippen LogP contribution in [0.15, 0.2) is 90.5 Å². The molecule has 1 saturated heterocycles. The van der Waals surface area contributed by atoms with Crippen molar-refractivity contribution in [3.63, 3.8) is 0 Å². The number of aliphatic carboxylic acids is 1. The number of alkyl carbamates (subject to hydrolysis) is 1. The molecule has 8 rings (SSSR count). The number of hydrogen-bond donors (Lipinski definition) is 3. The van der Waals surface area contributed by atoms with Crippen LogP contribution in [-0.2, 0) is 29.3 Å². The molecule has 4 fully saturated rings. The molecule has 0 aromatic heterocycles. The summed E-state index contributed by atoms with van der Waals surface area (Å²) in [5.41, 5.74) is 3.12. The second-order valence-corrected chi connectivity index (χ2v) is 23.9. The molecule has 75 heavy (non-hydrogen) atoms. The molecule has 3 N–H and O–H groups in total. The van der Waals surface area contributed by atoms with Crippen LogP contribution in [0.5, 0.6) is 11.5 Å². The fourth-order valence-electron chi connectivity index (χ4n) is 15.3. The van der Waals surface area contributed by atoms with E-state index in [2.05, 4.69) is 46.0 Å². The van der Waals surface area contributed by atoms with E-state index in [1.807, 2.05) is 78.9 Å². The van der Waals surface area contributed by atoms with E-state index in [9.17, 15) is 29.4 Å². The lowest BCUT2D eigenvalue weighted by molar-refractivity contribution is -0.155. The van der Waals surface area contributed by atoms with E-state index < -0.39 is 48.0 Å². The first kappa shape index (κ1) is 55.9. The predicted octanol–water partition coefficient (Wildman–Crippen LogP) is 11.9. The lowest BCUT2D eigenvalue weighted by Gasteiger charge is -2.58. The number of carboxylic acids is 1. The summed E-state index contributed by atoms with van der Waals surface area (Å²) < 4.78 is 23.2. The van der Waals surface area contributed by atoms with Crippen molar-refractivity contribution in [2.75, 3.05) is 33.9 Å². The number of carbonyl (C=O) groups is 4. The minimum absolute atomic E-state index is 0.0245. The zero-order valence-corrected chi connectivity index (χ0v) is 45.9. The molecule has 12 heteroatoms. The maximum atomic E-state index is 14.1. The number of hydrogen-bond acceptors (Lipinski definition) is 9. The molecule has 2 amide bonds. The molecule has 1 heterocycles. The SMILES string of the molecule is COc1ccc(C(c2ccccc2)(c2ccc(OC)cc2)C(O)C2CN(C(=O)CCCCNC(=O)OC3CC[C@@]4(C)C(=CCC5C4CC[C@@]4(C)C5CC[C@@H]4C(C)CCCC(C)C)C3)CC2OC(=O)CCC(=O)O)cc1. The van der Waals surface area contributed by atoms with E-state index in [1.54, 1.807) is 19.1 Å². The van der Waals surface area contributed by atoms with Crippen LogP contribution in [-0.4, -0.2) is 91.2 Å². The molecule has 408 valence electrons. The molecule has 8 unspecified atom stereocenters. The summed E-state index contributed by atoms with van der Waals surface area (Å²) in [5, 5.41) is 25.5. The van der Waals surface area contributed by atoms with Gasteiger partial charge < -0.3 is 39.4 Å². The van der Waals surface area contributed by atoms with E-state index in [0.29, 0.717) is 42.2 Å². The molecule has 1 aliphatic heterocycles. The summed E-state index contributed by atoms with van der Waals surface area (Å²) in [6.45, 7) is 12.9. The molecule has 3 aromatic carbocycles. The van der Waals surface area contributed by atoms with Gasteiger partial charge in [0, 0.05) is 31.8 Å². The Balaban J connectivity index is 0.878. The third kappa shape index (κ3) is 12.0. The summed E-state index contributed by atoms with van der Waals surface area (Å²) in [6, 6.07) is 24.6. The maximum Gasteiger partial charge on any atom is 0.407 e. The topological polar surface area (TPSA) is 161 Å². The Bertz CT molecular complexity index is 2390. The number of aliphatic hydroxyl groups excluding tert-OH is 1. The standard InChI is InChI=1S/C63H86N2O10/c1-41(2)14-13-15-42(3)52-29-30-53-50-28-23-46-38-49(33-35-61(46,4)54(50)34-36-62(52,53)5)74-60(71)64-37-12-11-18-56(66)65-39-51(55(40-65)75-58(69)32-31-57(67)68)59(70)63(43-16-9-8-10-17-43,44-19-24-47(72-6)25-20-44)45-21-26-48(73-7)27-22-45/h8-10,16-17,19-27,41-42,49-55,59,70H,11-15,18,28-40H2,1-7H3,(H,64,71)(H,67,68)/t42?,49?,50?,51?,52-,53?,54?,55?,59?,61+,62-/m1/s1. The third-order valence-electron chi connectivity index (χ3n) is 19.3. The number of aliphatic hydroxyl groups is 1. The van der Waals surface area contributed by atoms with E-state index in [4.69, 9.17) is 18.9 Å². The van der Waals surface area contributed by atoms with Crippen molar-refractivity contribution < 1.29 is 48.3 Å². The van der Waals surface area contributed by atoms with Crippen molar-refractivity contribution >= 4 is 23.9 Å². The van der Waals surface area contributed by atoms with Crippen LogP contribution >= 0.6 is 0 Å². The number of allylic oxidation sites excluding steroid dienone is 1. The molecule has 3 saturated carbocycles. The smallest absolute Gasteiger partial charge is 0.407 e. The maximum absolute atomic E-state index is 14.1. The van der Waals surface area contributed by atoms with Crippen molar-refractivity contribution in [2.45, 2.75) is 161 Å². The second kappa shape index (κ2) is 24.3. The quantitative estimate of drug-likeness (QED) is 0.0382. The van der Waals surface area contributed by atoms with Crippen molar-refractivity contribution in [3.8, 4) is 11.5 Å². The summed E-state index contributed by atoms with van der Waals surface area (Å²) in [4.78, 5) is 53.7. The number of rotatable bonds is 22. The Morgan fingerprint density at radius 2 is 1.41 bits per heavy atom. The Morgan fingerprint density at radius 1 is 0.747 bits per heavy atom. The number of fused-ring (bicyclic) bond motifs is 5. The fourth-order valence-corrected chi connectivity index (χ4v) is 15.3. The fraction of sp³-hybridized carbons (Fsp3) is 0.619. The van der Waals surface area contributed by atoms with Crippen molar-refractivity contribution in [3.05, 3.63) is 107 Å². The molecular formula is C63H86N2O10. The van der Waals surface area contributed by atoms with Crippen molar-refractivity contribution in [2.24, 2.45) is 52.3 Å². The summed E-state index contributed by atoms with van der Waals surface area (Å²) >= 11 is 0. The summed E-state index contributed by atoms with van der Waals surface area (Å²) in [7, 11) is 3.18. The highest BCUT2D eigenvalue weighted by Crippen LogP contribution is 2.67. The Kier molecular flexibility index (Phi) is 18.1. The van der Waals surface area contributed by atoms with E-state index in [-0.39, 0.29) is 43.4 Å². The molecule has 12 nitrogen and oxygen atoms in total. The first-order chi connectivity index (χ1) is 36.0. The highest BCUT2D eigenvalue weighted by molar-refractivity contribution is 5.78. The lowest BCUT2D eigenvalue weighted by Crippen LogP contribution is -2.51. The zero-order chi connectivity index (χ0) is 53.5. The minimum Gasteiger partial charge on any atom is -0.497 e. The number of likely N-dealkylation sites (tertiary alicyclic amines) is 1. The Labute approximate surface area is 446 Å². The molecule has 11 atom stereocenters. The predicted molar refractivity (Wildman–Crippen MR) is 290 cm³/mol. The average Bonchev–Trinajstić information content (AvgIpc) is 4.00. The number of carboxylic acid groups (broad SMARTS) is 1. The van der Waals surface area contributed by atoms with Gasteiger partial charge in [0.05, 0.1) is 45.1 Å². The lowest BCUT2D eigenvalue weighted by atomic mass is 9.47. The number of nitrogens with zero attached hydrogens (tertiary/aromatic N) is 1. The highest BCUT2D eigenvalue weighted by atomic mass is 16.6. The first-order valence-corrected chi connectivity index (χ1v) is 28.4. The van der Waals surface area contributed by atoms with E-state index in [1.165, 1.54) is 50.5 Å². The minimum atomic E-state index is -1.27. The number of amides is 2. The summed E-state index contributed by atoms with van der Waals surface area (Å²) in [6.07, 6.45) is 13.6. The largest absolute Gasteiger partial charge is 0.497 e. The van der Waals surface area contributed by atoms with Crippen LogP contribution in [0.4, 0.5) is 4.79 Å². The molecule has 0 bridgehead atoms.